The summed E-state index contributed by atoms with van der Waals surface area (Å²) in [6.45, 7) is 12.4. The molecule has 2 fully saturated rings. The smallest absolute Gasteiger partial charge is 0.228 e. The monoisotopic (exact) mass is 481 g/mol. The van der Waals surface area contributed by atoms with Crippen LogP contribution in [-0.4, -0.2) is 39.4 Å². The second-order valence-electron chi connectivity index (χ2n) is 11.0. The van der Waals surface area contributed by atoms with E-state index in [2.05, 4.69) is 35.3 Å². The maximum absolute atomic E-state index is 13.1. The molecular formula is C26H32ClN5O2. The third-order valence-corrected chi connectivity index (χ3v) is 8.03. The molecule has 34 heavy (non-hydrogen) atoms. The van der Waals surface area contributed by atoms with E-state index in [0.29, 0.717) is 28.4 Å². The van der Waals surface area contributed by atoms with Gasteiger partial charge in [0.05, 0.1) is 10.7 Å². The molecule has 1 saturated heterocycles. The number of anilines is 1. The van der Waals surface area contributed by atoms with Crippen LogP contribution in [0, 0.1) is 23.2 Å². The Labute approximate surface area is 205 Å². The van der Waals surface area contributed by atoms with Crippen molar-refractivity contribution in [2.75, 3.05) is 18.4 Å². The van der Waals surface area contributed by atoms with Gasteiger partial charge in [0, 0.05) is 61.2 Å². The number of fused-ring (bicyclic) bond motifs is 2. The molecule has 0 spiro atoms. The van der Waals surface area contributed by atoms with Crippen LogP contribution in [-0.2, 0) is 22.6 Å². The van der Waals surface area contributed by atoms with Crippen molar-refractivity contribution >= 4 is 34.9 Å². The molecule has 0 aromatic carbocycles. The van der Waals surface area contributed by atoms with Gasteiger partial charge in [0.15, 0.2) is 0 Å². The van der Waals surface area contributed by atoms with E-state index in [1.165, 1.54) is 5.69 Å². The SMILES string of the molecule is C=C(N)c1cc(-c2cc(NC(=O)[C@H]3C[C@@H]4CN(C(C)=O)C[C@@H]4C3)ncc2Cl)c2n1CC(C)(C)C2. The van der Waals surface area contributed by atoms with Crippen molar-refractivity contribution in [3.05, 3.63) is 41.3 Å². The molecule has 3 N–H and O–H groups in total. The molecule has 0 bridgehead atoms. The number of likely N-dealkylation sites (tertiary alicyclic amines) is 1. The van der Waals surface area contributed by atoms with Gasteiger partial charge in [0.2, 0.25) is 11.8 Å². The van der Waals surface area contributed by atoms with Crippen molar-refractivity contribution in [3.8, 4) is 11.1 Å². The minimum Gasteiger partial charge on any atom is -0.398 e. The number of amides is 2. The number of pyridine rings is 1. The van der Waals surface area contributed by atoms with Crippen molar-refractivity contribution in [2.45, 2.75) is 46.6 Å². The molecule has 1 saturated carbocycles. The largest absolute Gasteiger partial charge is 0.398 e. The Kier molecular flexibility index (Phi) is 5.51. The molecule has 180 valence electrons. The first-order valence-corrected chi connectivity index (χ1v) is 12.3. The Morgan fingerprint density at radius 2 is 1.88 bits per heavy atom. The van der Waals surface area contributed by atoms with E-state index in [-0.39, 0.29) is 23.1 Å². The molecule has 2 aromatic heterocycles. The highest BCUT2D eigenvalue weighted by Crippen LogP contribution is 2.44. The number of aromatic nitrogens is 2. The maximum atomic E-state index is 13.1. The van der Waals surface area contributed by atoms with Crippen LogP contribution in [0.5, 0.6) is 0 Å². The van der Waals surface area contributed by atoms with E-state index in [9.17, 15) is 9.59 Å². The zero-order valence-corrected chi connectivity index (χ0v) is 20.8. The Morgan fingerprint density at radius 3 is 2.50 bits per heavy atom. The number of carbonyl (C=O) groups is 2. The van der Waals surface area contributed by atoms with Gasteiger partial charge in [-0.3, -0.25) is 9.59 Å². The highest BCUT2D eigenvalue weighted by atomic mass is 35.5. The van der Waals surface area contributed by atoms with Crippen molar-refractivity contribution in [3.63, 3.8) is 0 Å². The van der Waals surface area contributed by atoms with E-state index in [0.717, 1.165) is 55.7 Å². The second kappa shape index (κ2) is 8.15. The first-order chi connectivity index (χ1) is 16.0. The molecule has 0 radical (unpaired) electrons. The molecule has 2 amide bonds. The summed E-state index contributed by atoms with van der Waals surface area (Å²) in [4.78, 5) is 31.0. The summed E-state index contributed by atoms with van der Waals surface area (Å²) in [6, 6.07) is 3.90. The van der Waals surface area contributed by atoms with Crippen LogP contribution in [0.3, 0.4) is 0 Å². The number of nitrogens with one attached hydrogen (secondary N) is 1. The molecule has 7 nitrogen and oxygen atoms in total. The predicted molar refractivity (Wildman–Crippen MR) is 134 cm³/mol. The summed E-state index contributed by atoms with van der Waals surface area (Å²) >= 11 is 6.59. The first kappa shape index (κ1) is 23.0. The lowest BCUT2D eigenvalue weighted by atomic mass is 9.89. The number of carbonyl (C=O) groups excluding carboxylic acids is 2. The number of rotatable bonds is 4. The molecule has 1 aliphatic carbocycles. The summed E-state index contributed by atoms with van der Waals surface area (Å²) < 4.78 is 2.23. The van der Waals surface area contributed by atoms with Gasteiger partial charge in [-0.25, -0.2) is 4.98 Å². The van der Waals surface area contributed by atoms with Crippen LogP contribution >= 0.6 is 11.6 Å². The number of nitrogens with two attached hydrogens (primary N) is 1. The van der Waals surface area contributed by atoms with Gasteiger partial charge < -0.3 is 20.5 Å². The fourth-order valence-corrected chi connectivity index (χ4v) is 6.31. The van der Waals surface area contributed by atoms with Gasteiger partial charge in [-0.1, -0.05) is 32.0 Å². The van der Waals surface area contributed by atoms with Crippen molar-refractivity contribution in [1.82, 2.24) is 14.5 Å². The quantitative estimate of drug-likeness (QED) is 0.685. The highest BCUT2D eigenvalue weighted by Gasteiger charge is 2.44. The second-order valence-corrected chi connectivity index (χ2v) is 11.4. The van der Waals surface area contributed by atoms with Crippen LogP contribution in [0.1, 0.15) is 45.0 Å². The number of hydrogen-bond acceptors (Lipinski definition) is 4. The minimum atomic E-state index is -0.0586. The van der Waals surface area contributed by atoms with Crippen molar-refractivity contribution < 1.29 is 9.59 Å². The van der Waals surface area contributed by atoms with E-state index in [4.69, 9.17) is 17.3 Å². The van der Waals surface area contributed by atoms with Gasteiger partial charge in [-0.2, -0.15) is 0 Å². The molecule has 0 unspecified atom stereocenters. The molecule has 3 atom stereocenters. The maximum Gasteiger partial charge on any atom is 0.228 e. The Balaban J connectivity index is 1.36. The van der Waals surface area contributed by atoms with E-state index in [1.807, 2.05) is 17.0 Å². The van der Waals surface area contributed by atoms with E-state index < -0.39 is 0 Å². The minimum absolute atomic E-state index is 0.0104. The Morgan fingerprint density at radius 1 is 1.21 bits per heavy atom. The normalized spacial score (nSPS) is 24.7. The van der Waals surface area contributed by atoms with Gasteiger partial charge in [0.1, 0.15) is 5.82 Å². The summed E-state index contributed by atoms with van der Waals surface area (Å²) in [5.41, 5.74) is 10.7. The molecule has 5 rings (SSSR count). The van der Waals surface area contributed by atoms with Crippen molar-refractivity contribution in [1.29, 1.82) is 0 Å². The molecule has 8 heteroatoms. The van der Waals surface area contributed by atoms with Crippen LogP contribution in [0.2, 0.25) is 5.02 Å². The predicted octanol–water partition coefficient (Wildman–Crippen LogP) is 4.16. The molecule has 2 aliphatic heterocycles. The Bertz CT molecular complexity index is 1190. The molecule has 4 heterocycles. The standard InChI is InChI=1S/C26H32ClN5O2/c1-14(28)22-7-20(23-9-26(3,4)13-32(22)23)19-8-24(29-10-21(19)27)30-25(34)16-5-17-11-31(15(2)33)12-18(17)6-16/h7-8,10,16-18H,1,5-6,9,11-13,28H2,2-4H3,(H,29,30,34)/t16-,17+,18-. The fraction of sp³-hybridized carbons (Fsp3) is 0.500. The average molecular weight is 482 g/mol. The molecular weight excluding hydrogens is 450 g/mol. The van der Waals surface area contributed by atoms with Gasteiger partial charge in [0.25, 0.3) is 0 Å². The lowest BCUT2D eigenvalue weighted by molar-refractivity contribution is -0.128. The zero-order chi connectivity index (χ0) is 24.4. The number of halogens is 1. The van der Waals surface area contributed by atoms with Gasteiger partial charge in [-0.05, 0) is 48.6 Å². The highest BCUT2D eigenvalue weighted by molar-refractivity contribution is 6.33. The third-order valence-electron chi connectivity index (χ3n) is 7.73. The van der Waals surface area contributed by atoms with Gasteiger partial charge in [-0.15, -0.1) is 0 Å². The van der Waals surface area contributed by atoms with Gasteiger partial charge >= 0.3 is 0 Å². The lowest BCUT2D eigenvalue weighted by Crippen LogP contribution is -2.29. The van der Waals surface area contributed by atoms with Crippen LogP contribution in [0.25, 0.3) is 16.8 Å². The van der Waals surface area contributed by atoms with E-state index >= 15 is 0 Å². The Hall–Kier alpha value is -2.80. The topological polar surface area (TPSA) is 93.2 Å². The number of nitrogens with zero attached hydrogens (tertiary/aromatic N) is 3. The van der Waals surface area contributed by atoms with Crippen LogP contribution < -0.4 is 11.1 Å². The van der Waals surface area contributed by atoms with Crippen LogP contribution in [0.15, 0.2) is 24.9 Å². The summed E-state index contributed by atoms with van der Waals surface area (Å²) in [6.07, 6.45) is 4.12. The summed E-state index contributed by atoms with van der Waals surface area (Å²) in [5, 5.41) is 3.55. The number of hydrogen-bond donors (Lipinski definition) is 2. The molecule has 2 aromatic rings. The fourth-order valence-electron chi connectivity index (χ4n) is 6.11. The third kappa shape index (κ3) is 4.00. The molecule has 3 aliphatic rings. The first-order valence-electron chi connectivity index (χ1n) is 11.9. The zero-order valence-electron chi connectivity index (χ0n) is 20.0. The summed E-state index contributed by atoms with van der Waals surface area (Å²) in [7, 11) is 0. The van der Waals surface area contributed by atoms with Crippen LogP contribution in [0.4, 0.5) is 5.82 Å². The average Bonchev–Trinajstić information content (AvgIpc) is 3.46. The summed E-state index contributed by atoms with van der Waals surface area (Å²) in [5.74, 6) is 1.36. The lowest BCUT2D eigenvalue weighted by Gasteiger charge is -2.17. The van der Waals surface area contributed by atoms with Crippen molar-refractivity contribution in [2.24, 2.45) is 28.9 Å². The van der Waals surface area contributed by atoms with E-state index in [1.54, 1.807) is 13.1 Å².